The Morgan fingerprint density at radius 1 is 0.885 bits per heavy atom. The Morgan fingerprint density at radius 3 is 2.00 bits per heavy atom. The van der Waals surface area contributed by atoms with E-state index in [2.05, 4.69) is 25.9 Å². The van der Waals surface area contributed by atoms with Gasteiger partial charge in [-0.1, -0.05) is 12.1 Å². The van der Waals surface area contributed by atoms with E-state index in [1.807, 2.05) is 0 Å². The minimum Gasteiger partial charge on any atom is -0.478 e. The van der Waals surface area contributed by atoms with Crippen LogP contribution in [0.25, 0.3) is 11.4 Å². The number of tetrazole rings is 1. The summed E-state index contributed by atoms with van der Waals surface area (Å²) >= 11 is 0. The smallest absolute Gasteiger partial charge is 0.335 e. The molecule has 0 aliphatic carbocycles. The van der Waals surface area contributed by atoms with Crippen molar-refractivity contribution in [3.05, 3.63) is 59.2 Å². The van der Waals surface area contributed by atoms with Crippen molar-refractivity contribution in [1.29, 1.82) is 0 Å². The standard InChI is InChI=1S/C16H11N5O5/c22-14(9-3-1-8(2-4-9)13-18-20-21-19-13)17-12-6-10(15(23)24)5-11(7-12)16(25)26/h1-7H,(H,17,22)(H,23,24)(H,25,26)(H,18,19,20,21). The Morgan fingerprint density at radius 2 is 1.50 bits per heavy atom. The number of H-pyrrole nitrogens is 1. The summed E-state index contributed by atoms with van der Waals surface area (Å²) in [5, 5.41) is 33.9. The van der Waals surface area contributed by atoms with Crippen LogP contribution >= 0.6 is 0 Å². The molecular weight excluding hydrogens is 342 g/mol. The van der Waals surface area contributed by atoms with Crippen LogP contribution in [0.3, 0.4) is 0 Å². The molecule has 0 aliphatic heterocycles. The molecule has 1 aromatic heterocycles. The van der Waals surface area contributed by atoms with E-state index in [1.165, 1.54) is 24.3 Å². The molecule has 0 saturated carbocycles. The number of rotatable bonds is 5. The molecule has 0 radical (unpaired) electrons. The summed E-state index contributed by atoms with van der Waals surface area (Å²) < 4.78 is 0. The van der Waals surface area contributed by atoms with Gasteiger partial charge >= 0.3 is 11.9 Å². The first-order chi connectivity index (χ1) is 12.4. The lowest BCUT2D eigenvalue weighted by atomic mass is 10.1. The van der Waals surface area contributed by atoms with Crippen LogP contribution in [0.5, 0.6) is 0 Å². The van der Waals surface area contributed by atoms with E-state index in [1.54, 1.807) is 12.1 Å². The number of aromatic carboxylic acids is 2. The van der Waals surface area contributed by atoms with Gasteiger partial charge in [-0.3, -0.25) is 4.79 Å². The number of nitrogens with zero attached hydrogens (tertiary/aromatic N) is 3. The lowest BCUT2D eigenvalue weighted by Gasteiger charge is -2.08. The monoisotopic (exact) mass is 353 g/mol. The fraction of sp³-hybridized carbons (Fsp3) is 0. The highest BCUT2D eigenvalue weighted by atomic mass is 16.4. The first-order valence-electron chi connectivity index (χ1n) is 7.21. The van der Waals surface area contributed by atoms with E-state index in [-0.39, 0.29) is 16.8 Å². The van der Waals surface area contributed by atoms with E-state index < -0.39 is 17.8 Å². The number of amides is 1. The predicted molar refractivity (Wildman–Crippen MR) is 87.9 cm³/mol. The molecule has 10 heteroatoms. The third-order valence-electron chi connectivity index (χ3n) is 3.45. The largest absolute Gasteiger partial charge is 0.478 e. The molecule has 130 valence electrons. The molecule has 0 bridgehead atoms. The van der Waals surface area contributed by atoms with Crippen molar-refractivity contribution in [2.75, 3.05) is 5.32 Å². The van der Waals surface area contributed by atoms with E-state index >= 15 is 0 Å². The van der Waals surface area contributed by atoms with Crippen molar-refractivity contribution < 1.29 is 24.6 Å². The number of carboxylic acid groups (broad SMARTS) is 2. The van der Waals surface area contributed by atoms with E-state index in [9.17, 15) is 14.4 Å². The summed E-state index contributed by atoms with van der Waals surface area (Å²) in [6, 6.07) is 9.71. The number of hydrogen-bond acceptors (Lipinski definition) is 6. The Hall–Kier alpha value is -4.08. The Labute approximate surface area is 145 Å². The third-order valence-corrected chi connectivity index (χ3v) is 3.45. The molecule has 3 aromatic rings. The zero-order valence-electron chi connectivity index (χ0n) is 13.0. The summed E-state index contributed by atoms with van der Waals surface area (Å²) in [6.45, 7) is 0. The first-order valence-corrected chi connectivity index (χ1v) is 7.21. The normalized spacial score (nSPS) is 10.3. The molecule has 0 unspecified atom stereocenters. The van der Waals surface area contributed by atoms with Crippen molar-refractivity contribution in [2.24, 2.45) is 0 Å². The molecule has 0 fully saturated rings. The van der Waals surface area contributed by atoms with Crippen LogP contribution in [0.1, 0.15) is 31.1 Å². The highest BCUT2D eigenvalue weighted by Crippen LogP contribution is 2.18. The van der Waals surface area contributed by atoms with Gasteiger partial charge in [0.1, 0.15) is 0 Å². The van der Waals surface area contributed by atoms with Crippen LogP contribution < -0.4 is 5.32 Å². The second kappa shape index (κ2) is 6.81. The van der Waals surface area contributed by atoms with Crippen LogP contribution in [-0.4, -0.2) is 48.7 Å². The lowest BCUT2D eigenvalue weighted by Crippen LogP contribution is -2.13. The molecule has 4 N–H and O–H groups in total. The van der Waals surface area contributed by atoms with Gasteiger partial charge in [0.15, 0.2) is 5.82 Å². The molecule has 1 amide bonds. The number of aromatic nitrogens is 4. The van der Waals surface area contributed by atoms with Crippen molar-refractivity contribution in [2.45, 2.75) is 0 Å². The SMILES string of the molecule is O=C(O)c1cc(NC(=O)c2ccc(-c3nnn[nH]3)cc2)cc(C(=O)O)c1. The molecule has 1 heterocycles. The predicted octanol–water partition coefficient (Wildman–Crippen LogP) is 1.52. The highest BCUT2D eigenvalue weighted by molar-refractivity contribution is 6.06. The summed E-state index contributed by atoms with van der Waals surface area (Å²) in [6.07, 6.45) is 0. The summed E-state index contributed by atoms with van der Waals surface area (Å²) in [5.41, 5.74) is 0.545. The average Bonchev–Trinajstić information content (AvgIpc) is 3.16. The fourth-order valence-electron chi connectivity index (χ4n) is 2.21. The third kappa shape index (κ3) is 3.53. The Bertz CT molecular complexity index is 951. The fourth-order valence-corrected chi connectivity index (χ4v) is 2.21. The number of hydrogen-bond donors (Lipinski definition) is 4. The summed E-state index contributed by atoms with van der Waals surface area (Å²) in [7, 11) is 0. The first kappa shape index (κ1) is 16.8. The van der Waals surface area contributed by atoms with Crippen molar-refractivity contribution in [1.82, 2.24) is 20.6 Å². The van der Waals surface area contributed by atoms with Gasteiger partial charge in [-0.2, -0.15) is 0 Å². The summed E-state index contributed by atoms with van der Waals surface area (Å²) in [4.78, 5) is 34.5. The minimum atomic E-state index is -1.30. The second-order valence-corrected chi connectivity index (χ2v) is 5.19. The van der Waals surface area contributed by atoms with Gasteiger partial charge in [-0.05, 0) is 40.8 Å². The maximum atomic E-state index is 12.3. The van der Waals surface area contributed by atoms with Crippen LogP contribution in [-0.2, 0) is 0 Å². The molecule has 0 aliphatic rings. The molecule has 3 rings (SSSR count). The van der Waals surface area contributed by atoms with E-state index in [0.29, 0.717) is 17.0 Å². The van der Waals surface area contributed by atoms with Gasteiger partial charge in [0.2, 0.25) is 0 Å². The molecule has 10 nitrogen and oxygen atoms in total. The van der Waals surface area contributed by atoms with Crippen molar-refractivity contribution in [3.63, 3.8) is 0 Å². The van der Waals surface area contributed by atoms with Crippen LogP contribution in [0.4, 0.5) is 5.69 Å². The van der Waals surface area contributed by atoms with Gasteiger partial charge in [-0.15, -0.1) is 5.10 Å². The van der Waals surface area contributed by atoms with Gasteiger partial charge < -0.3 is 15.5 Å². The quantitative estimate of drug-likeness (QED) is 0.537. The maximum absolute atomic E-state index is 12.3. The number of aromatic amines is 1. The number of carbonyl (C=O) groups is 3. The molecule has 2 aromatic carbocycles. The second-order valence-electron chi connectivity index (χ2n) is 5.19. The number of carboxylic acids is 2. The Balaban J connectivity index is 1.83. The van der Waals surface area contributed by atoms with Crippen molar-refractivity contribution >= 4 is 23.5 Å². The van der Waals surface area contributed by atoms with Crippen molar-refractivity contribution in [3.8, 4) is 11.4 Å². The van der Waals surface area contributed by atoms with Crippen LogP contribution in [0, 0.1) is 0 Å². The lowest BCUT2D eigenvalue weighted by molar-refractivity contribution is 0.0696. The molecule has 26 heavy (non-hydrogen) atoms. The molecular formula is C16H11N5O5. The average molecular weight is 353 g/mol. The van der Waals surface area contributed by atoms with Gasteiger partial charge in [0, 0.05) is 16.8 Å². The Kier molecular flexibility index (Phi) is 4.39. The molecule has 0 spiro atoms. The topological polar surface area (TPSA) is 158 Å². The molecule has 0 atom stereocenters. The van der Waals surface area contributed by atoms with Gasteiger partial charge in [-0.25, -0.2) is 14.7 Å². The van der Waals surface area contributed by atoms with Crippen LogP contribution in [0.15, 0.2) is 42.5 Å². The zero-order chi connectivity index (χ0) is 18.7. The van der Waals surface area contributed by atoms with E-state index in [0.717, 1.165) is 6.07 Å². The maximum Gasteiger partial charge on any atom is 0.335 e. The number of carbonyl (C=O) groups excluding carboxylic acids is 1. The minimum absolute atomic E-state index is 0.0656. The van der Waals surface area contributed by atoms with E-state index in [4.69, 9.17) is 10.2 Å². The zero-order valence-corrected chi connectivity index (χ0v) is 13.0. The van der Waals surface area contributed by atoms with Gasteiger partial charge in [0.25, 0.3) is 5.91 Å². The summed E-state index contributed by atoms with van der Waals surface area (Å²) in [5.74, 6) is -2.68. The van der Waals surface area contributed by atoms with Gasteiger partial charge in [0.05, 0.1) is 11.1 Å². The number of anilines is 1. The number of nitrogens with one attached hydrogen (secondary N) is 2. The number of benzene rings is 2. The molecule has 0 saturated heterocycles. The highest BCUT2D eigenvalue weighted by Gasteiger charge is 2.14. The van der Waals surface area contributed by atoms with Crippen LogP contribution in [0.2, 0.25) is 0 Å².